The molecule has 0 aliphatic heterocycles. The molecular weight excluding hydrogens is 204 g/mol. The topological polar surface area (TPSA) is 50.4 Å². The highest BCUT2D eigenvalue weighted by Gasteiger charge is 2.12. The summed E-state index contributed by atoms with van der Waals surface area (Å²) in [6.45, 7) is 3.88. The van der Waals surface area contributed by atoms with Crippen molar-refractivity contribution in [3.8, 4) is 0 Å². The second-order valence-electron chi connectivity index (χ2n) is 3.98. The van der Waals surface area contributed by atoms with Gasteiger partial charge in [-0.15, -0.1) is 0 Å². The molecule has 1 aromatic heterocycles. The molecule has 0 spiro atoms. The SMILES string of the molecule is Cc1oc2c(C)cccc2c1CCC(=O)O. The highest BCUT2D eigenvalue weighted by molar-refractivity contribution is 5.85. The third-order valence-corrected chi connectivity index (χ3v) is 2.81. The van der Waals surface area contributed by atoms with E-state index in [4.69, 9.17) is 9.52 Å². The molecule has 0 radical (unpaired) electrons. The van der Waals surface area contributed by atoms with E-state index in [0.717, 1.165) is 27.9 Å². The maximum Gasteiger partial charge on any atom is 0.303 e. The summed E-state index contributed by atoms with van der Waals surface area (Å²) in [4.78, 5) is 10.6. The fourth-order valence-corrected chi connectivity index (χ4v) is 1.97. The van der Waals surface area contributed by atoms with Crippen LogP contribution in [0, 0.1) is 13.8 Å². The van der Waals surface area contributed by atoms with Gasteiger partial charge in [0.25, 0.3) is 0 Å². The Kier molecular flexibility index (Phi) is 2.69. The highest BCUT2D eigenvalue weighted by Crippen LogP contribution is 2.28. The molecule has 0 saturated carbocycles. The smallest absolute Gasteiger partial charge is 0.303 e. The first-order valence-corrected chi connectivity index (χ1v) is 5.29. The number of aliphatic carboxylic acids is 1. The zero-order chi connectivity index (χ0) is 11.7. The van der Waals surface area contributed by atoms with Gasteiger partial charge in [-0.3, -0.25) is 4.79 Å². The molecule has 0 aliphatic carbocycles. The number of hydrogen-bond donors (Lipinski definition) is 1. The summed E-state index contributed by atoms with van der Waals surface area (Å²) in [5.74, 6) is 0.0481. The van der Waals surface area contributed by atoms with Crippen LogP contribution in [0.2, 0.25) is 0 Å². The highest BCUT2D eigenvalue weighted by atomic mass is 16.4. The number of aryl methyl sites for hydroxylation is 3. The van der Waals surface area contributed by atoms with E-state index in [1.165, 1.54) is 0 Å². The van der Waals surface area contributed by atoms with Gasteiger partial charge in [0.15, 0.2) is 0 Å². The molecule has 0 fully saturated rings. The van der Waals surface area contributed by atoms with Crippen molar-refractivity contribution in [2.24, 2.45) is 0 Å². The largest absolute Gasteiger partial charge is 0.481 e. The van der Waals surface area contributed by atoms with E-state index in [1.807, 2.05) is 32.0 Å². The number of carboxylic acid groups (broad SMARTS) is 1. The van der Waals surface area contributed by atoms with Crippen molar-refractivity contribution in [1.29, 1.82) is 0 Å². The molecule has 84 valence electrons. The van der Waals surface area contributed by atoms with Crippen LogP contribution in [0.1, 0.15) is 23.3 Å². The Labute approximate surface area is 93.7 Å². The van der Waals surface area contributed by atoms with Crippen LogP contribution in [0.3, 0.4) is 0 Å². The van der Waals surface area contributed by atoms with Crippen molar-refractivity contribution in [3.63, 3.8) is 0 Å². The van der Waals surface area contributed by atoms with Crippen LogP contribution in [-0.4, -0.2) is 11.1 Å². The number of furan rings is 1. The molecule has 0 atom stereocenters. The van der Waals surface area contributed by atoms with E-state index in [0.29, 0.717) is 6.42 Å². The number of para-hydroxylation sites is 1. The molecule has 0 unspecified atom stereocenters. The summed E-state index contributed by atoms with van der Waals surface area (Å²) < 4.78 is 5.67. The second-order valence-corrected chi connectivity index (χ2v) is 3.98. The van der Waals surface area contributed by atoms with Gasteiger partial charge < -0.3 is 9.52 Å². The van der Waals surface area contributed by atoms with Gasteiger partial charge in [0.2, 0.25) is 0 Å². The lowest BCUT2D eigenvalue weighted by molar-refractivity contribution is -0.136. The van der Waals surface area contributed by atoms with E-state index in [9.17, 15) is 4.79 Å². The van der Waals surface area contributed by atoms with Crippen LogP contribution in [-0.2, 0) is 11.2 Å². The zero-order valence-corrected chi connectivity index (χ0v) is 9.41. The van der Waals surface area contributed by atoms with Crippen molar-refractivity contribution >= 4 is 16.9 Å². The van der Waals surface area contributed by atoms with Gasteiger partial charge >= 0.3 is 5.97 Å². The summed E-state index contributed by atoms with van der Waals surface area (Å²) in [5, 5.41) is 9.74. The maximum absolute atomic E-state index is 10.6. The van der Waals surface area contributed by atoms with E-state index in [2.05, 4.69) is 0 Å². The molecule has 1 heterocycles. The maximum atomic E-state index is 10.6. The Morgan fingerprint density at radius 1 is 1.38 bits per heavy atom. The molecule has 1 N–H and O–H groups in total. The zero-order valence-electron chi connectivity index (χ0n) is 9.41. The van der Waals surface area contributed by atoms with Crippen LogP contribution < -0.4 is 0 Å². The first-order chi connectivity index (χ1) is 7.59. The van der Waals surface area contributed by atoms with Crippen molar-refractivity contribution in [3.05, 3.63) is 35.1 Å². The van der Waals surface area contributed by atoms with Gasteiger partial charge in [0.05, 0.1) is 0 Å². The molecule has 0 saturated heterocycles. The third-order valence-electron chi connectivity index (χ3n) is 2.81. The lowest BCUT2D eigenvalue weighted by Gasteiger charge is -1.97. The fourth-order valence-electron chi connectivity index (χ4n) is 1.97. The van der Waals surface area contributed by atoms with Crippen molar-refractivity contribution in [1.82, 2.24) is 0 Å². The van der Waals surface area contributed by atoms with Crippen molar-refractivity contribution in [2.75, 3.05) is 0 Å². The van der Waals surface area contributed by atoms with Gasteiger partial charge in [-0.25, -0.2) is 0 Å². The molecule has 0 aliphatic rings. The van der Waals surface area contributed by atoms with Gasteiger partial charge in [-0.05, 0) is 25.8 Å². The van der Waals surface area contributed by atoms with E-state index in [1.54, 1.807) is 0 Å². The third kappa shape index (κ3) is 1.81. The van der Waals surface area contributed by atoms with Crippen molar-refractivity contribution < 1.29 is 14.3 Å². The van der Waals surface area contributed by atoms with Crippen LogP contribution in [0.25, 0.3) is 11.0 Å². The lowest BCUT2D eigenvalue weighted by Crippen LogP contribution is -1.97. The molecule has 2 rings (SSSR count). The number of benzene rings is 1. The van der Waals surface area contributed by atoms with Crippen LogP contribution >= 0.6 is 0 Å². The quantitative estimate of drug-likeness (QED) is 0.861. The Bertz CT molecular complexity index is 537. The molecule has 2 aromatic rings. The van der Waals surface area contributed by atoms with E-state index >= 15 is 0 Å². The average molecular weight is 218 g/mol. The van der Waals surface area contributed by atoms with Gasteiger partial charge in [-0.2, -0.15) is 0 Å². The van der Waals surface area contributed by atoms with Gasteiger partial charge in [0.1, 0.15) is 11.3 Å². The normalized spacial score (nSPS) is 10.9. The Morgan fingerprint density at radius 3 is 2.81 bits per heavy atom. The number of rotatable bonds is 3. The average Bonchev–Trinajstić information content (AvgIpc) is 2.53. The van der Waals surface area contributed by atoms with E-state index < -0.39 is 5.97 Å². The van der Waals surface area contributed by atoms with Crippen molar-refractivity contribution in [2.45, 2.75) is 26.7 Å². The van der Waals surface area contributed by atoms with Gasteiger partial charge in [-0.1, -0.05) is 18.2 Å². The summed E-state index contributed by atoms with van der Waals surface area (Å²) in [6.07, 6.45) is 0.668. The van der Waals surface area contributed by atoms with Crippen LogP contribution in [0.5, 0.6) is 0 Å². The van der Waals surface area contributed by atoms with Crippen LogP contribution in [0.4, 0.5) is 0 Å². The lowest BCUT2D eigenvalue weighted by atomic mass is 10.0. The number of carbonyl (C=O) groups is 1. The van der Waals surface area contributed by atoms with E-state index in [-0.39, 0.29) is 6.42 Å². The summed E-state index contributed by atoms with van der Waals surface area (Å²) in [6, 6.07) is 5.94. The monoisotopic (exact) mass is 218 g/mol. The second kappa shape index (κ2) is 4.00. The molecule has 16 heavy (non-hydrogen) atoms. The molecular formula is C13H14O3. The first kappa shape index (κ1) is 10.7. The molecule has 3 nitrogen and oxygen atoms in total. The standard InChI is InChI=1S/C13H14O3/c1-8-4-3-5-11-10(6-7-12(14)15)9(2)16-13(8)11/h3-5H,6-7H2,1-2H3,(H,14,15). The predicted octanol–water partition coefficient (Wildman–Crippen LogP) is 3.07. The predicted molar refractivity (Wildman–Crippen MR) is 61.6 cm³/mol. The van der Waals surface area contributed by atoms with Gasteiger partial charge in [0, 0.05) is 17.4 Å². The molecule has 0 bridgehead atoms. The minimum atomic E-state index is -0.776. The Hall–Kier alpha value is -1.77. The Balaban J connectivity index is 2.48. The minimum absolute atomic E-state index is 0.142. The number of hydrogen-bond acceptors (Lipinski definition) is 2. The summed E-state index contributed by atoms with van der Waals surface area (Å²) >= 11 is 0. The van der Waals surface area contributed by atoms with Crippen LogP contribution in [0.15, 0.2) is 22.6 Å². The number of fused-ring (bicyclic) bond motifs is 1. The Morgan fingerprint density at radius 2 is 2.12 bits per heavy atom. The molecule has 3 heteroatoms. The number of carboxylic acids is 1. The first-order valence-electron chi connectivity index (χ1n) is 5.29. The molecule has 1 aromatic carbocycles. The minimum Gasteiger partial charge on any atom is -0.481 e. The summed E-state index contributed by atoms with van der Waals surface area (Å²) in [5.41, 5.74) is 2.98. The molecule has 0 amide bonds. The summed E-state index contributed by atoms with van der Waals surface area (Å²) in [7, 11) is 0. The fraction of sp³-hybridized carbons (Fsp3) is 0.308.